The van der Waals surface area contributed by atoms with E-state index >= 15 is 0 Å². The fourth-order valence-corrected chi connectivity index (χ4v) is 3.94. The topological polar surface area (TPSA) is 74.6 Å². The van der Waals surface area contributed by atoms with E-state index in [4.69, 9.17) is 0 Å². The van der Waals surface area contributed by atoms with Gasteiger partial charge in [0.1, 0.15) is 24.1 Å². The molecule has 20 heavy (non-hydrogen) atoms. The van der Waals surface area contributed by atoms with Crippen molar-refractivity contribution in [3.63, 3.8) is 0 Å². The van der Waals surface area contributed by atoms with Crippen molar-refractivity contribution >= 4 is 33.5 Å². The van der Waals surface area contributed by atoms with Crippen LogP contribution < -0.4 is 0 Å². The van der Waals surface area contributed by atoms with E-state index in [9.17, 15) is 19.8 Å². The number of aliphatic hydroxyl groups is 2. The van der Waals surface area contributed by atoms with Gasteiger partial charge in [-0.05, 0) is 24.3 Å². The van der Waals surface area contributed by atoms with Crippen LogP contribution in [0.5, 0.6) is 0 Å². The molecule has 0 heterocycles. The molecule has 0 fully saturated rings. The van der Waals surface area contributed by atoms with Gasteiger partial charge in [0.15, 0.2) is 0 Å². The Morgan fingerprint density at radius 2 is 1.25 bits per heavy atom. The van der Waals surface area contributed by atoms with Gasteiger partial charge in [0, 0.05) is 9.81 Å². The molecule has 0 saturated heterocycles. The minimum atomic E-state index is -1.01. The Bertz CT molecular complexity index is 574. The molecule has 2 unspecified atom stereocenters. The van der Waals surface area contributed by atoms with E-state index in [0.29, 0.717) is 9.81 Å². The maximum atomic E-state index is 10.6. The van der Waals surface area contributed by atoms with Gasteiger partial charge in [-0.25, -0.2) is 9.59 Å². The molecule has 2 aliphatic rings. The van der Waals surface area contributed by atoms with Gasteiger partial charge < -0.3 is 10.2 Å². The highest BCUT2D eigenvalue weighted by atomic mass is 33.1. The molecule has 102 valence electrons. The molecule has 6 heteroatoms. The SMILES string of the molecule is O=C=C1C=CC=C(SSC2=CC=CC(=C=O)C2O)C1O. The first kappa shape index (κ1) is 14.9. The smallest absolute Gasteiger partial charge is 0.131 e. The fraction of sp³-hybridized carbons (Fsp3) is 0.143. The average molecular weight is 306 g/mol. The predicted molar refractivity (Wildman–Crippen MR) is 80.1 cm³/mol. The van der Waals surface area contributed by atoms with Crippen molar-refractivity contribution in [1.82, 2.24) is 0 Å². The monoisotopic (exact) mass is 306 g/mol. The van der Waals surface area contributed by atoms with Crippen LogP contribution in [-0.4, -0.2) is 34.3 Å². The third-order valence-corrected chi connectivity index (χ3v) is 5.26. The second-order valence-electron chi connectivity index (χ2n) is 3.94. The number of rotatable bonds is 3. The van der Waals surface area contributed by atoms with Gasteiger partial charge in [0.25, 0.3) is 0 Å². The molecule has 0 amide bonds. The normalized spacial score (nSPS) is 24.9. The Morgan fingerprint density at radius 3 is 1.60 bits per heavy atom. The quantitative estimate of drug-likeness (QED) is 0.608. The van der Waals surface area contributed by atoms with E-state index < -0.39 is 12.2 Å². The first-order valence-corrected chi connectivity index (χ1v) is 7.79. The zero-order valence-corrected chi connectivity index (χ0v) is 11.8. The lowest BCUT2D eigenvalue weighted by Crippen LogP contribution is -2.14. The Kier molecular flexibility index (Phi) is 5.04. The number of aliphatic hydroxyl groups excluding tert-OH is 2. The molecule has 2 aliphatic carbocycles. The molecule has 2 atom stereocenters. The third kappa shape index (κ3) is 3.14. The molecule has 0 aromatic carbocycles. The van der Waals surface area contributed by atoms with Crippen LogP contribution in [0.3, 0.4) is 0 Å². The van der Waals surface area contributed by atoms with Crippen LogP contribution in [-0.2, 0) is 9.59 Å². The van der Waals surface area contributed by atoms with Crippen molar-refractivity contribution in [1.29, 1.82) is 0 Å². The summed E-state index contributed by atoms with van der Waals surface area (Å²) in [4.78, 5) is 22.4. The van der Waals surface area contributed by atoms with Gasteiger partial charge in [-0.15, -0.1) is 0 Å². The molecule has 2 N–H and O–H groups in total. The van der Waals surface area contributed by atoms with Gasteiger partial charge >= 0.3 is 0 Å². The van der Waals surface area contributed by atoms with Crippen molar-refractivity contribution in [3.05, 3.63) is 57.4 Å². The standard InChI is InChI=1S/C14H10O4S2/c15-7-9-3-1-5-11(13(9)17)19-20-12-6-2-4-10(8-16)14(12)18/h1-6,13-14,17-18H. The maximum absolute atomic E-state index is 10.6. The highest BCUT2D eigenvalue weighted by Gasteiger charge is 2.23. The summed E-state index contributed by atoms with van der Waals surface area (Å²) in [6, 6.07) is 0. The molecule has 0 spiro atoms. The molecule has 4 nitrogen and oxygen atoms in total. The van der Waals surface area contributed by atoms with Gasteiger partial charge in [-0.1, -0.05) is 33.7 Å². The van der Waals surface area contributed by atoms with Crippen LogP contribution in [0.2, 0.25) is 0 Å². The zero-order chi connectivity index (χ0) is 14.5. The van der Waals surface area contributed by atoms with Crippen molar-refractivity contribution in [2.24, 2.45) is 0 Å². The minimum Gasteiger partial charge on any atom is -0.382 e. The van der Waals surface area contributed by atoms with E-state index in [2.05, 4.69) is 0 Å². The molecule has 2 rings (SSSR count). The number of allylic oxidation sites excluding steroid dienone is 4. The first-order valence-electron chi connectivity index (χ1n) is 5.64. The summed E-state index contributed by atoms with van der Waals surface area (Å²) in [5.41, 5.74) is 0.337. The van der Waals surface area contributed by atoms with Gasteiger partial charge in [0.05, 0.1) is 11.1 Å². The van der Waals surface area contributed by atoms with E-state index in [0.717, 1.165) is 0 Å². The molecule has 0 bridgehead atoms. The van der Waals surface area contributed by atoms with Crippen LogP contribution in [0.4, 0.5) is 0 Å². The molecular weight excluding hydrogens is 296 g/mol. The molecule has 0 radical (unpaired) electrons. The zero-order valence-electron chi connectivity index (χ0n) is 10.1. The summed E-state index contributed by atoms with van der Waals surface area (Å²) < 4.78 is 0. The Balaban J connectivity index is 2.07. The highest BCUT2D eigenvalue weighted by Crippen LogP contribution is 2.42. The van der Waals surface area contributed by atoms with Crippen LogP contribution in [0.1, 0.15) is 0 Å². The lowest BCUT2D eigenvalue weighted by Gasteiger charge is -2.19. The van der Waals surface area contributed by atoms with Crippen molar-refractivity contribution in [2.75, 3.05) is 0 Å². The summed E-state index contributed by atoms with van der Waals surface area (Å²) in [6.07, 6.45) is 7.65. The van der Waals surface area contributed by atoms with Crippen molar-refractivity contribution in [3.8, 4) is 0 Å². The van der Waals surface area contributed by atoms with Gasteiger partial charge in [-0.3, -0.25) is 0 Å². The second-order valence-corrected chi connectivity index (χ2v) is 6.22. The lowest BCUT2D eigenvalue weighted by molar-refractivity contribution is 0.259. The van der Waals surface area contributed by atoms with E-state index in [1.54, 1.807) is 36.2 Å². The Hall–Kier alpha value is -1.52. The van der Waals surface area contributed by atoms with E-state index in [-0.39, 0.29) is 11.1 Å². The highest BCUT2D eigenvalue weighted by molar-refractivity contribution is 8.79. The Labute approximate surface area is 123 Å². The van der Waals surface area contributed by atoms with Gasteiger partial charge in [-0.2, -0.15) is 0 Å². The maximum Gasteiger partial charge on any atom is 0.131 e. The Morgan fingerprint density at radius 1 is 0.850 bits per heavy atom. The minimum absolute atomic E-state index is 0.169. The molecule has 0 aromatic heterocycles. The third-order valence-electron chi connectivity index (χ3n) is 2.67. The first-order chi connectivity index (χ1) is 9.67. The van der Waals surface area contributed by atoms with Crippen LogP contribution >= 0.6 is 21.6 Å². The summed E-state index contributed by atoms with van der Waals surface area (Å²) in [5.74, 6) is 3.36. The van der Waals surface area contributed by atoms with Gasteiger partial charge in [0.2, 0.25) is 0 Å². The molecule has 0 saturated carbocycles. The van der Waals surface area contributed by atoms with Crippen molar-refractivity contribution < 1.29 is 19.8 Å². The summed E-state index contributed by atoms with van der Waals surface area (Å²) in [7, 11) is 2.44. The molecular formula is C14H10O4S2. The molecule has 0 aliphatic heterocycles. The lowest BCUT2D eigenvalue weighted by atomic mass is 10.1. The number of carbonyl (C=O) groups excluding carboxylic acids is 2. The van der Waals surface area contributed by atoms with Crippen LogP contribution in [0.25, 0.3) is 0 Å². The van der Waals surface area contributed by atoms with E-state index in [1.165, 1.54) is 33.7 Å². The van der Waals surface area contributed by atoms with Crippen LogP contribution in [0.15, 0.2) is 57.4 Å². The second kappa shape index (κ2) is 6.77. The van der Waals surface area contributed by atoms with Crippen molar-refractivity contribution in [2.45, 2.75) is 12.2 Å². The summed E-state index contributed by atoms with van der Waals surface area (Å²) in [5, 5.41) is 19.8. The number of hydrogen-bond acceptors (Lipinski definition) is 6. The van der Waals surface area contributed by atoms with E-state index in [1.807, 2.05) is 0 Å². The summed E-state index contributed by atoms with van der Waals surface area (Å²) in [6.45, 7) is 0. The number of hydrogen-bond donors (Lipinski definition) is 2. The molecule has 0 aromatic rings. The summed E-state index contributed by atoms with van der Waals surface area (Å²) >= 11 is 0. The van der Waals surface area contributed by atoms with Crippen LogP contribution in [0, 0.1) is 0 Å². The fourth-order valence-electron chi connectivity index (χ4n) is 1.59. The largest absolute Gasteiger partial charge is 0.382 e. The average Bonchev–Trinajstić information content (AvgIpc) is 2.47. The predicted octanol–water partition coefficient (Wildman–Crippen LogP) is 1.51.